The molecule has 2 heteroatoms. The molecule has 1 rings (SSSR count). The fourth-order valence-corrected chi connectivity index (χ4v) is 0.687. The molecular formula is C5H5OS. The van der Waals surface area contributed by atoms with Gasteiger partial charge in [-0.05, 0) is 11.5 Å². The van der Waals surface area contributed by atoms with Crippen LogP contribution in [-0.4, -0.2) is 5.94 Å². The molecule has 0 amide bonds. The van der Waals surface area contributed by atoms with Crippen LogP contribution in [0.3, 0.4) is 0 Å². The highest BCUT2D eigenvalue weighted by Crippen LogP contribution is 2.04. The van der Waals surface area contributed by atoms with E-state index < -0.39 is 0 Å². The molecule has 0 spiro atoms. The summed E-state index contributed by atoms with van der Waals surface area (Å²) in [6, 6.07) is 0. The molecule has 1 heterocycles. The zero-order valence-electron chi connectivity index (χ0n) is 3.76. The molecule has 0 aromatic rings. The molecule has 1 aliphatic heterocycles. The van der Waals surface area contributed by atoms with Crippen molar-refractivity contribution >= 4 is 11.8 Å². The van der Waals surface area contributed by atoms with Crippen LogP contribution >= 0.6 is 11.8 Å². The summed E-state index contributed by atoms with van der Waals surface area (Å²) in [6.07, 6.45) is 6.20. The van der Waals surface area contributed by atoms with Crippen LogP contribution in [-0.2, 0) is 4.74 Å². The highest BCUT2D eigenvalue weighted by molar-refractivity contribution is 8.01. The molecule has 0 saturated heterocycles. The third kappa shape index (κ3) is 1.69. The predicted molar refractivity (Wildman–Crippen MR) is 30.5 cm³/mol. The summed E-state index contributed by atoms with van der Waals surface area (Å²) in [5.41, 5.74) is 0. The predicted octanol–water partition coefficient (Wildman–Crippen LogP) is 1.54. The maximum atomic E-state index is 4.86. The molecule has 1 radical (unpaired) electrons. The fourth-order valence-electron chi connectivity index (χ4n) is 0.287. The van der Waals surface area contributed by atoms with Crippen molar-refractivity contribution in [1.29, 1.82) is 0 Å². The highest BCUT2D eigenvalue weighted by Gasteiger charge is 1.80. The van der Waals surface area contributed by atoms with Crippen LogP contribution in [0.2, 0.25) is 0 Å². The molecule has 37 valence electrons. The smallest absolute Gasteiger partial charge is 0.137 e. The van der Waals surface area contributed by atoms with Crippen molar-refractivity contribution in [2.24, 2.45) is 0 Å². The third-order valence-corrected chi connectivity index (χ3v) is 1.15. The van der Waals surface area contributed by atoms with Crippen LogP contribution in [0.25, 0.3) is 0 Å². The first-order valence-corrected chi connectivity index (χ1v) is 3.01. The van der Waals surface area contributed by atoms with E-state index in [4.69, 9.17) is 4.74 Å². The zero-order valence-corrected chi connectivity index (χ0v) is 4.57. The molecule has 0 aliphatic carbocycles. The van der Waals surface area contributed by atoms with E-state index in [-0.39, 0.29) is 0 Å². The van der Waals surface area contributed by atoms with Crippen molar-refractivity contribution in [1.82, 2.24) is 0 Å². The maximum Gasteiger partial charge on any atom is 0.137 e. The van der Waals surface area contributed by atoms with Crippen LogP contribution in [0, 0.1) is 6.08 Å². The normalized spacial score (nSPS) is 18.3. The quantitative estimate of drug-likeness (QED) is 0.471. The van der Waals surface area contributed by atoms with Crippen molar-refractivity contribution < 1.29 is 4.74 Å². The molecule has 0 unspecified atom stereocenters. The molecule has 0 atom stereocenters. The molecule has 7 heavy (non-hydrogen) atoms. The largest absolute Gasteiger partial charge is 0.490 e. The summed E-state index contributed by atoms with van der Waals surface area (Å²) >= 11 is 1.62. The maximum absolute atomic E-state index is 4.86. The number of thioether (sulfide) groups is 1. The number of allylic oxidation sites excluding steroid dienone is 2. The Labute approximate surface area is 47.1 Å². The Morgan fingerprint density at radius 1 is 1.71 bits per heavy atom. The van der Waals surface area contributed by atoms with Crippen molar-refractivity contribution in [2.45, 2.75) is 0 Å². The van der Waals surface area contributed by atoms with E-state index in [1.165, 1.54) is 0 Å². The van der Waals surface area contributed by atoms with Gasteiger partial charge < -0.3 is 4.74 Å². The first kappa shape index (κ1) is 4.78. The summed E-state index contributed by atoms with van der Waals surface area (Å²) in [4.78, 5) is 0. The lowest BCUT2D eigenvalue weighted by atomic mass is 10.6. The van der Waals surface area contributed by atoms with Gasteiger partial charge in [0.15, 0.2) is 0 Å². The number of ether oxygens (including phenoxy) is 1. The number of hydrogen-bond acceptors (Lipinski definition) is 2. The molecule has 0 bridgehead atoms. The van der Waals surface area contributed by atoms with Gasteiger partial charge in [-0.15, -0.1) is 0 Å². The molecule has 1 nitrogen and oxygen atoms in total. The lowest BCUT2D eigenvalue weighted by Gasteiger charge is -1.89. The third-order valence-electron chi connectivity index (χ3n) is 0.548. The minimum Gasteiger partial charge on any atom is -0.490 e. The van der Waals surface area contributed by atoms with Gasteiger partial charge in [0.25, 0.3) is 0 Å². The van der Waals surface area contributed by atoms with E-state index in [1.807, 2.05) is 11.5 Å². The van der Waals surface area contributed by atoms with E-state index in [2.05, 4.69) is 6.08 Å². The van der Waals surface area contributed by atoms with E-state index in [0.717, 1.165) is 0 Å². The Morgan fingerprint density at radius 3 is 3.71 bits per heavy atom. The summed E-state index contributed by atoms with van der Waals surface area (Å²) < 4.78 is 4.86. The molecule has 0 aromatic heterocycles. The van der Waals surface area contributed by atoms with Crippen LogP contribution in [0.1, 0.15) is 0 Å². The molecule has 1 aliphatic rings. The van der Waals surface area contributed by atoms with Crippen LogP contribution < -0.4 is 0 Å². The molecule has 0 N–H and O–H groups in total. The standard InChI is InChI=1S/C5H5OS/c1-2-4-7-5-6-3-1/h2-4H,5H2. The molecule has 0 aromatic carbocycles. The molecule has 0 fully saturated rings. The highest BCUT2D eigenvalue weighted by atomic mass is 32.2. The first-order valence-electron chi connectivity index (χ1n) is 1.96. The van der Waals surface area contributed by atoms with Gasteiger partial charge in [0, 0.05) is 6.08 Å². The average Bonchev–Trinajstić information content (AvgIpc) is 1.90. The Balaban J connectivity index is 2.39. The van der Waals surface area contributed by atoms with Crippen LogP contribution in [0.5, 0.6) is 0 Å². The minimum atomic E-state index is 0.712. The lowest BCUT2D eigenvalue weighted by Crippen LogP contribution is -1.72. The number of hydrogen-bond donors (Lipinski definition) is 0. The fraction of sp³-hybridized carbons (Fsp3) is 0.200. The van der Waals surface area contributed by atoms with Gasteiger partial charge in [0.05, 0.1) is 6.26 Å². The van der Waals surface area contributed by atoms with E-state index in [1.54, 1.807) is 18.0 Å². The monoisotopic (exact) mass is 113 g/mol. The van der Waals surface area contributed by atoms with Crippen molar-refractivity contribution in [2.75, 3.05) is 5.94 Å². The van der Waals surface area contributed by atoms with E-state index in [0.29, 0.717) is 5.94 Å². The van der Waals surface area contributed by atoms with Gasteiger partial charge in [-0.3, -0.25) is 0 Å². The SMILES string of the molecule is [C]1=COCSC=C1. The topological polar surface area (TPSA) is 9.23 Å². The zero-order chi connectivity index (χ0) is 4.95. The van der Waals surface area contributed by atoms with Crippen molar-refractivity contribution in [3.8, 4) is 0 Å². The Kier molecular flexibility index (Phi) is 1.88. The van der Waals surface area contributed by atoms with Crippen molar-refractivity contribution in [3.05, 3.63) is 23.8 Å². The van der Waals surface area contributed by atoms with E-state index in [9.17, 15) is 0 Å². The second kappa shape index (κ2) is 2.75. The van der Waals surface area contributed by atoms with Gasteiger partial charge >= 0.3 is 0 Å². The van der Waals surface area contributed by atoms with Gasteiger partial charge in [0.2, 0.25) is 0 Å². The van der Waals surface area contributed by atoms with Gasteiger partial charge in [-0.25, -0.2) is 0 Å². The summed E-state index contributed by atoms with van der Waals surface area (Å²) in [5.74, 6) is 0.712. The first-order chi connectivity index (χ1) is 3.50. The van der Waals surface area contributed by atoms with E-state index >= 15 is 0 Å². The van der Waals surface area contributed by atoms with Gasteiger partial charge in [-0.2, -0.15) is 0 Å². The minimum absolute atomic E-state index is 0.712. The van der Waals surface area contributed by atoms with Crippen LogP contribution in [0.4, 0.5) is 0 Å². The Morgan fingerprint density at radius 2 is 2.71 bits per heavy atom. The van der Waals surface area contributed by atoms with Crippen molar-refractivity contribution in [3.63, 3.8) is 0 Å². The Bertz CT molecular complexity index is 84.3. The second-order valence-corrected chi connectivity index (χ2v) is 1.88. The summed E-state index contributed by atoms with van der Waals surface area (Å²) in [7, 11) is 0. The van der Waals surface area contributed by atoms with Gasteiger partial charge in [-0.1, -0.05) is 11.8 Å². The summed E-state index contributed by atoms with van der Waals surface area (Å²) in [6.45, 7) is 0. The molecule has 0 saturated carbocycles. The number of rotatable bonds is 0. The molecular weight excluding hydrogens is 108 g/mol. The van der Waals surface area contributed by atoms with Gasteiger partial charge in [0.1, 0.15) is 5.94 Å². The second-order valence-electron chi connectivity index (χ2n) is 1.04. The Hall–Kier alpha value is -0.370. The average molecular weight is 113 g/mol. The lowest BCUT2D eigenvalue weighted by molar-refractivity contribution is 0.317. The summed E-state index contributed by atoms with van der Waals surface area (Å²) in [5, 5.41) is 1.95. The van der Waals surface area contributed by atoms with Crippen LogP contribution in [0.15, 0.2) is 17.7 Å².